The van der Waals surface area contributed by atoms with Crippen molar-refractivity contribution in [1.82, 2.24) is 9.55 Å². The molecule has 0 fully saturated rings. The second-order valence-corrected chi connectivity index (χ2v) is 6.57. The van der Waals surface area contributed by atoms with Gasteiger partial charge in [-0.05, 0) is 36.8 Å². The quantitative estimate of drug-likeness (QED) is 0.659. The SMILES string of the molecule is CCc1ccc(Cn2c(=S)[nH]c3cc(Cl)c(F)cc32)s1. The minimum absolute atomic E-state index is 0.102. The Morgan fingerprint density at radius 3 is 2.80 bits per heavy atom. The molecule has 6 heteroatoms. The number of imidazole rings is 1. The van der Waals surface area contributed by atoms with Crippen molar-refractivity contribution in [3.8, 4) is 0 Å². The van der Waals surface area contributed by atoms with Crippen LogP contribution in [-0.2, 0) is 13.0 Å². The van der Waals surface area contributed by atoms with Gasteiger partial charge in [0.2, 0.25) is 0 Å². The van der Waals surface area contributed by atoms with E-state index in [-0.39, 0.29) is 5.02 Å². The first kappa shape index (κ1) is 13.8. The summed E-state index contributed by atoms with van der Waals surface area (Å²) in [5.41, 5.74) is 1.50. The van der Waals surface area contributed by atoms with Crippen LogP contribution >= 0.6 is 35.2 Å². The van der Waals surface area contributed by atoms with Crippen LogP contribution in [0.2, 0.25) is 5.02 Å². The lowest BCUT2D eigenvalue weighted by Crippen LogP contribution is -1.97. The molecule has 0 amide bonds. The topological polar surface area (TPSA) is 20.7 Å². The van der Waals surface area contributed by atoms with Gasteiger partial charge in [-0.3, -0.25) is 0 Å². The number of H-pyrrole nitrogens is 1. The van der Waals surface area contributed by atoms with Crippen LogP contribution in [-0.4, -0.2) is 9.55 Å². The molecule has 2 heterocycles. The highest BCUT2D eigenvalue weighted by atomic mass is 35.5. The molecule has 0 saturated carbocycles. The average Bonchev–Trinajstić information content (AvgIpc) is 2.98. The van der Waals surface area contributed by atoms with E-state index in [9.17, 15) is 4.39 Å². The maximum absolute atomic E-state index is 13.6. The standard InChI is InChI=1S/C14H12ClFN2S2/c1-2-8-3-4-9(20-8)7-18-13-6-11(16)10(15)5-12(13)17-14(18)19/h3-6H,2,7H2,1H3,(H,17,19). The van der Waals surface area contributed by atoms with Gasteiger partial charge in [-0.15, -0.1) is 11.3 Å². The van der Waals surface area contributed by atoms with Crippen molar-refractivity contribution in [3.63, 3.8) is 0 Å². The van der Waals surface area contributed by atoms with Crippen LogP contribution in [0.5, 0.6) is 0 Å². The Labute approximate surface area is 129 Å². The van der Waals surface area contributed by atoms with Gasteiger partial charge in [-0.2, -0.15) is 0 Å². The molecular weight excluding hydrogens is 315 g/mol. The lowest BCUT2D eigenvalue weighted by atomic mass is 10.3. The second-order valence-electron chi connectivity index (χ2n) is 4.52. The fourth-order valence-corrected chi connectivity index (χ4v) is 3.55. The van der Waals surface area contributed by atoms with Crippen molar-refractivity contribution in [2.75, 3.05) is 0 Å². The van der Waals surface area contributed by atoms with Crippen LogP contribution in [0, 0.1) is 10.6 Å². The maximum atomic E-state index is 13.6. The number of halogens is 2. The van der Waals surface area contributed by atoms with Crippen molar-refractivity contribution < 1.29 is 4.39 Å². The maximum Gasteiger partial charge on any atom is 0.178 e. The molecule has 104 valence electrons. The number of fused-ring (bicyclic) bond motifs is 1. The normalized spacial score (nSPS) is 11.3. The zero-order valence-electron chi connectivity index (χ0n) is 10.7. The summed E-state index contributed by atoms with van der Waals surface area (Å²) in [6.07, 6.45) is 1.02. The van der Waals surface area contributed by atoms with E-state index in [1.807, 2.05) is 4.57 Å². The Balaban J connectivity index is 2.08. The minimum atomic E-state index is -0.428. The predicted molar refractivity (Wildman–Crippen MR) is 84.9 cm³/mol. The number of hydrogen-bond donors (Lipinski definition) is 1. The summed E-state index contributed by atoms with van der Waals surface area (Å²) in [6, 6.07) is 7.22. The van der Waals surface area contributed by atoms with Crippen molar-refractivity contribution in [2.45, 2.75) is 19.9 Å². The number of nitrogens with one attached hydrogen (secondary N) is 1. The molecule has 0 aliphatic heterocycles. The molecule has 0 bridgehead atoms. The highest BCUT2D eigenvalue weighted by Crippen LogP contribution is 2.25. The van der Waals surface area contributed by atoms with E-state index < -0.39 is 5.82 Å². The van der Waals surface area contributed by atoms with Crippen LogP contribution in [0.1, 0.15) is 16.7 Å². The Bertz CT molecular complexity index is 831. The summed E-state index contributed by atoms with van der Waals surface area (Å²) in [7, 11) is 0. The summed E-state index contributed by atoms with van der Waals surface area (Å²) in [5.74, 6) is -0.428. The first-order valence-corrected chi connectivity index (χ1v) is 7.84. The third kappa shape index (κ3) is 2.41. The van der Waals surface area contributed by atoms with Crippen LogP contribution in [0.4, 0.5) is 4.39 Å². The van der Waals surface area contributed by atoms with Crippen LogP contribution in [0.15, 0.2) is 24.3 Å². The molecule has 0 saturated heterocycles. The van der Waals surface area contributed by atoms with E-state index in [2.05, 4.69) is 24.0 Å². The molecule has 0 unspecified atom stereocenters. The molecule has 0 radical (unpaired) electrons. The van der Waals surface area contributed by atoms with Crippen molar-refractivity contribution in [2.24, 2.45) is 0 Å². The number of aromatic nitrogens is 2. The fraction of sp³-hybridized carbons (Fsp3) is 0.214. The van der Waals surface area contributed by atoms with E-state index in [4.69, 9.17) is 23.8 Å². The van der Waals surface area contributed by atoms with Gasteiger partial charge in [0.1, 0.15) is 5.82 Å². The largest absolute Gasteiger partial charge is 0.331 e. The molecule has 20 heavy (non-hydrogen) atoms. The molecule has 3 rings (SSSR count). The molecule has 0 aliphatic carbocycles. The zero-order valence-corrected chi connectivity index (χ0v) is 13.1. The van der Waals surface area contributed by atoms with E-state index in [0.717, 1.165) is 17.5 Å². The summed E-state index contributed by atoms with van der Waals surface area (Å²) in [4.78, 5) is 5.60. The third-order valence-corrected chi connectivity index (χ3v) is 5.02. The van der Waals surface area contributed by atoms with Crippen LogP contribution in [0.3, 0.4) is 0 Å². The number of thiophene rings is 1. The first-order chi connectivity index (χ1) is 9.58. The average molecular weight is 327 g/mol. The predicted octanol–water partition coefficient (Wildman–Crippen LogP) is 5.16. The summed E-state index contributed by atoms with van der Waals surface area (Å²) in [5, 5.41) is 0.102. The zero-order chi connectivity index (χ0) is 14.3. The van der Waals surface area contributed by atoms with Crippen molar-refractivity contribution in [3.05, 3.63) is 49.6 Å². The number of nitrogens with zero attached hydrogens (tertiary/aromatic N) is 1. The van der Waals surface area contributed by atoms with Gasteiger partial charge in [-0.25, -0.2) is 4.39 Å². The van der Waals surface area contributed by atoms with Gasteiger partial charge in [-0.1, -0.05) is 18.5 Å². The summed E-state index contributed by atoms with van der Waals surface area (Å²) >= 11 is 12.9. The van der Waals surface area contributed by atoms with Crippen LogP contribution in [0.25, 0.3) is 11.0 Å². The lowest BCUT2D eigenvalue weighted by Gasteiger charge is -2.03. The van der Waals surface area contributed by atoms with E-state index in [1.165, 1.54) is 15.8 Å². The van der Waals surface area contributed by atoms with Gasteiger partial charge in [0, 0.05) is 15.8 Å². The lowest BCUT2D eigenvalue weighted by molar-refractivity contribution is 0.629. The molecule has 0 spiro atoms. The van der Waals surface area contributed by atoms with Gasteiger partial charge >= 0.3 is 0 Å². The fourth-order valence-electron chi connectivity index (χ4n) is 2.16. The molecule has 2 nitrogen and oxygen atoms in total. The smallest absolute Gasteiger partial charge is 0.178 e. The molecule has 0 atom stereocenters. The molecule has 3 aromatic rings. The number of aromatic amines is 1. The van der Waals surface area contributed by atoms with E-state index in [0.29, 0.717) is 11.3 Å². The van der Waals surface area contributed by atoms with Gasteiger partial charge < -0.3 is 9.55 Å². The highest BCUT2D eigenvalue weighted by molar-refractivity contribution is 7.71. The Kier molecular flexibility index (Phi) is 3.67. The van der Waals surface area contributed by atoms with Gasteiger partial charge in [0.15, 0.2) is 4.77 Å². The number of rotatable bonds is 3. The van der Waals surface area contributed by atoms with Crippen molar-refractivity contribution >= 4 is 46.2 Å². The summed E-state index contributed by atoms with van der Waals surface area (Å²) in [6.45, 7) is 2.77. The number of aryl methyl sites for hydroxylation is 1. The Hall–Kier alpha value is -1.17. The monoisotopic (exact) mass is 326 g/mol. The molecule has 2 aromatic heterocycles. The Morgan fingerprint density at radius 1 is 1.35 bits per heavy atom. The molecule has 1 N–H and O–H groups in total. The van der Waals surface area contributed by atoms with Crippen molar-refractivity contribution in [1.29, 1.82) is 0 Å². The first-order valence-electron chi connectivity index (χ1n) is 6.23. The second kappa shape index (κ2) is 5.31. The summed E-state index contributed by atoms with van der Waals surface area (Å²) < 4.78 is 16.1. The minimum Gasteiger partial charge on any atom is -0.331 e. The van der Waals surface area contributed by atoms with Crippen LogP contribution < -0.4 is 0 Å². The van der Waals surface area contributed by atoms with Gasteiger partial charge in [0.25, 0.3) is 0 Å². The molecule has 0 aliphatic rings. The molecular formula is C14H12ClFN2S2. The molecule has 1 aromatic carbocycles. The Morgan fingerprint density at radius 2 is 2.10 bits per heavy atom. The third-order valence-electron chi connectivity index (χ3n) is 3.20. The van der Waals surface area contributed by atoms with Gasteiger partial charge in [0.05, 0.1) is 22.6 Å². The highest BCUT2D eigenvalue weighted by Gasteiger charge is 2.10. The van der Waals surface area contributed by atoms with E-state index >= 15 is 0 Å². The number of hydrogen-bond acceptors (Lipinski definition) is 2. The van der Waals surface area contributed by atoms with E-state index in [1.54, 1.807) is 17.4 Å². The number of benzene rings is 1.